The molecule has 1 aromatic carbocycles. The van der Waals surface area contributed by atoms with Gasteiger partial charge < -0.3 is 19.0 Å². The molecular weight excluding hydrogens is 418 g/mol. The Morgan fingerprint density at radius 2 is 1.88 bits per heavy atom. The Bertz CT molecular complexity index is 1080. The van der Waals surface area contributed by atoms with Crippen molar-refractivity contribution in [3.8, 4) is 5.75 Å². The Morgan fingerprint density at radius 1 is 1.12 bits per heavy atom. The van der Waals surface area contributed by atoms with Crippen LogP contribution in [0.3, 0.4) is 0 Å². The molecular formula is C26H31N3O4. The number of hydrogen-bond acceptors (Lipinski definition) is 5. The minimum Gasteiger partial charge on any atom is -0.485 e. The topological polar surface area (TPSA) is 76.7 Å². The third-order valence-corrected chi connectivity index (χ3v) is 5.99. The minimum absolute atomic E-state index is 0.0562. The highest BCUT2D eigenvalue weighted by Gasteiger charge is 2.19. The fraction of sp³-hybridized carbons (Fsp3) is 0.385. The predicted molar refractivity (Wildman–Crippen MR) is 126 cm³/mol. The fourth-order valence-electron chi connectivity index (χ4n) is 4.16. The molecule has 4 rings (SSSR count). The third-order valence-electron chi connectivity index (χ3n) is 5.99. The van der Waals surface area contributed by atoms with Crippen LogP contribution in [-0.2, 0) is 30.9 Å². The Balaban J connectivity index is 1.23. The van der Waals surface area contributed by atoms with E-state index in [9.17, 15) is 9.59 Å². The van der Waals surface area contributed by atoms with E-state index in [1.54, 1.807) is 30.0 Å². The second-order valence-corrected chi connectivity index (χ2v) is 8.58. The number of furan rings is 1. The predicted octanol–water partition coefficient (Wildman–Crippen LogP) is 3.36. The largest absolute Gasteiger partial charge is 0.485 e. The van der Waals surface area contributed by atoms with E-state index in [4.69, 9.17) is 9.15 Å². The van der Waals surface area contributed by atoms with Crippen molar-refractivity contribution in [1.29, 1.82) is 0 Å². The number of piperidine rings is 1. The van der Waals surface area contributed by atoms with Crippen LogP contribution in [0, 0.1) is 0 Å². The molecule has 1 amide bonds. The molecule has 33 heavy (non-hydrogen) atoms. The van der Waals surface area contributed by atoms with Crippen molar-refractivity contribution in [3.05, 3.63) is 88.2 Å². The molecule has 7 nitrogen and oxygen atoms in total. The van der Waals surface area contributed by atoms with Crippen LogP contribution in [0.1, 0.15) is 36.7 Å². The van der Waals surface area contributed by atoms with Crippen LogP contribution in [0.2, 0.25) is 0 Å². The molecule has 2 aromatic heterocycles. The summed E-state index contributed by atoms with van der Waals surface area (Å²) in [6.07, 6.45) is 6.16. The molecule has 0 spiro atoms. The monoisotopic (exact) mass is 449 g/mol. The van der Waals surface area contributed by atoms with Crippen LogP contribution < -0.4 is 15.6 Å². The number of ether oxygens (including phenoxy) is 1. The quantitative estimate of drug-likeness (QED) is 0.542. The molecule has 0 radical (unpaired) electrons. The van der Waals surface area contributed by atoms with Crippen molar-refractivity contribution < 1.29 is 13.9 Å². The SMILES string of the molecule is CC(=O)NC1CCN(Cc2ccc(CCn3ccc(OCc4ccco4)cc3=O)cc2)CC1. The van der Waals surface area contributed by atoms with Gasteiger partial charge in [0.2, 0.25) is 5.91 Å². The van der Waals surface area contributed by atoms with Crippen LogP contribution in [0.25, 0.3) is 0 Å². The Kier molecular flexibility index (Phi) is 7.62. The maximum atomic E-state index is 12.4. The van der Waals surface area contributed by atoms with Gasteiger partial charge in [-0.05, 0) is 48.6 Å². The molecule has 1 aliphatic heterocycles. The Labute approximate surface area is 194 Å². The Hall–Kier alpha value is -3.32. The number of aryl methyl sites for hydroxylation is 2. The molecule has 0 saturated carbocycles. The van der Waals surface area contributed by atoms with E-state index in [1.165, 1.54) is 17.2 Å². The molecule has 1 fully saturated rings. The lowest BCUT2D eigenvalue weighted by molar-refractivity contribution is -0.119. The summed E-state index contributed by atoms with van der Waals surface area (Å²) in [6.45, 7) is 5.42. The number of hydrogen-bond donors (Lipinski definition) is 1. The van der Waals surface area contributed by atoms with Crippen LogP contribution in [0.4, 0.5) is 0 Å². The van der Waals surface area contributed by atoms with Crippen molar-refractivity contribution in [2.45, 2.75) is 51.9 Å². The van der Waals surface area contributed by atoms with Crippen molar-refractivity contribution in [2.75, 3.05) is 13.1 Å². The standard InChI is InChI=1S/C26H31N3O4/c1-20(30)27-23-9-12-28(13-10-23)18-22-6-4-21(5-7-22)8-14-29-15-11-24(17-26(29)31)33-19-25-3-2-16-32-25/h2-7,11,15-17,23H,8-10,12-14,18-19H2,1H3,(H,27,30). The summed E-state index contributed by atoms with van der Waals surface area (Å²) in [5.74, 6) is 1.32. The highest BCUT2D eigenvalue weighted by atomic mass is 16.5. The van der Waals surface area contributed by atoms with Gasteiger partial charge in [-0.2, -0.15) is 0 Å². The van der Waals surface area contributed by atoms with E-state index >= 15 is 0 Å². The van der Waals surface area contributed by atoms with Gasteiger partial charge in [0.25, 0.3) is 5.56 Å². The number of nitrogens with one attached hydrogen (secondary N) is 1. The van der Waals surface area contributed by atoms with Gasteiger partial charge >= 0.3 is 0 Å². The number of rotatable bonds is 9. The summed E-state index contributed by atoms with van der Waals surface area (Å²) in [5, 5.41) is 3.02. The van der Waals surface area contributed by atoms with Crippen LogP contribution in [0.5, 0.6) is 5.75 Å². The van der Waals surface area contributed by atoms with E-state index in [-0.39, 0.29) is 11.5 Å². The van der Waals surface area contributed by atoms with Gasteiger partial charge in [-0.15, -0.1) is 0 Å². The Morgan fingerprint density at radius 3 is 2.55 bits per heavy atom. The lowest BCUT2D eigenvalue weighted by Crippen LogP contribution is -2.43. The van der Waals surface area contributed by atoms with Crippen LogP contribution in [-0.4, -0.2) is 34.5 Å². The summed E-state index contributed by atoms with van der Waals surface area (Å²) < 4.78 is 12.6. The summed E-state index contributed by atoms with van der Waals surface area (Å²) in [6, 6.07) is 15.9. The molecule has 0 atom stereocenters. The number of carbonyl (C=O) groups is 1. The minimum atomic E-state index is -0.0776. The molecule has 3 aromatic rings. The first-order chi connectivity index (χ1) is 16.0. The average Bonchev–Trinajstić information content (AvgIpc) is 3.33. The van der Waals surface area contributed by atoms with E-state index in [0.29, 0.717) is 24.9 Å². The second-order valence-electron chi connectivity index (χ2n) is 8.58. The lowest BCUT2D eigenvalue weighted by Gasteiger charge is -2.32. The zero-order valence-corrected chi connectivity index (χ0v) is 19.0. The molecule has 7 heteroatoms. The molecule has 1 N–H and O–H groups in total. The normalized spacial score (nSPS) is 14.8. The highest BCUT2D eigenvalue weighted by molar-refractivity contribution is 5.73. The van der Waals surface area contributed by atoms with E-state index < -0.39 is 0 Å². The molecule has 3 heterocycles. The molecule has 0 bridgehead atoms. The van der Waals surface area contributed by atoms with Crippen molar-refractivity contribution >= 4 is 5.91 Å². The van der Waals surface area contributed by atoms with Gasteiger partial charge in [0.15, 0.2) is 0 Å². The molecule has 1 aliphatic rings. The zero-order valence-electron chi connectivity index (χ0n) is 19.0. The van der Waals surface area contributed by atoms with Crippen molar-refractivity contribution in [3.63, 3.8) is 0 Å². The van der Waals surface area contributed by atoms with Gasteiger partial charge in [0.05, 0.1) is 6.26 Å². The molecule has 0 aliphatic carbocycles. The number of aromatic nitrogens is 1. The van der Waals surface area contributed by atoms with E-state index in [0.717, 1.165) is 44.7 Å². The fourth-order valence-corrected chi connectivity index (χ4v) is 4.16. The number of likely N-dealkylation sites (tertiary alicyclic amines) is 1. The average molecular weight is 450 g/mol. The maximum Gasteiger partial charge on any atom is 0.254 e. The number of amides is 1. The summed E-state index contributed by atoms with van der Waals surface area (Å²) >= 11 is 0. The van der Waals surface area contributed by atoms with Gasteiger partial charge in [-0.3, -0.25) is 14.5 Å². The molecule has 1 saturated heterocycles. The maximum absolute atomic E-state index is 12.4. The van der Waals surface area contributed by atoms with Crippen LogP contribution in [0.15, 0.2) is 70.2 Å². The molecule has 174 valence electrons. The lowest BCUT2D eigenvalue weighted by atomic mass is 10.0. The van der Waals surface area contributed by atoms with Gasteiger partial charge in [-0.25, -0.2) is 0 Å². The first-order valence-electron chi connectivity index (χ1n) is 11.5. The van der Waals surface area contributed by atoms with Gasteiger partial charge in [0.1, 0.15) is 18.1 Å². The third kappa shape index (κ3) is 6.83. The first-order valence-corrected chi connectivity index (χ1v) is 11.5. The van der Waals surface area contributed by atoms with Gasteiger partial charge in [0, 0.05) is 51.4 Å². The number of nitrogens with zero attached hydrogens (tertiary/aromatic N) is 2. The van der Waals surface area contributed by atoms with Crippen molar-refractivity contribution in [2.24, 2.45) is 0 Å². The van der Waals surface area contributed by atoms with E-state index in [2.05, 4.69) is 34.5 Å². The molecule has 0 unspecified atom stereocenters. The van der Waals surface area contributed by atoms with E-state index in [1.807, 2.05) is 12.1 Å². The second kappa shape index (κ2) is 11.0. The summed E-state index contributed by atoms with van der Waals surface area (Å²) in [7, 11) is 0. The number of benzene rings is 1. The summed E-state index contributed by atoms with van der Waals surface area (Å²) in [5.41, 5.74) is 2.41. The van der Waals surface area contributed by atoms with Crippen LogP contribution >= 0.6 is 0 Å². The number of carbonyl (C=O) groups excluding carboxylic acids is 1. The summed E-state index contributed by atoms with van der Waals surface area (Å²) in [4.78, 5) is 26.1. The zero-order chi connectivity index (χ0) is 23.0. The smallest absolute Gasteiger partial charge is 0.254 e. The van der Waals surface area contributed by atoms with Gasteiger partial charge in [-0.1, -0.05) is 24.3 Å². The number of pyridine rings is 1. The van der Waals surface area contributed by atoms with Crippen molar-refractivity contribution in [1.82, 2.24) is 14.8 Å². The first kappa shape index (κ1) is 22.9. The highest BCUT2D eigenvalue weighted by Crippen LogP contribution is 2.15.